The summed E-state index contributed by atoms with van der Waals surface area (Å²) in [6.45, 7) is 1.91. The maximum Gasteiger partial charge on any atom is 0.307 e. The van der Waals surface area contributed by atoms with Gasteiger partial charge in [-0.3, -0.25) is 14.9 Å². The molecule has 0 saturated heterocycles. The van der Waals surface area contributed by atoms with Crippen LogP contribution in [0.3, 0.4) is 0 Å². The molecule has 0 amide bonds. The monoisotopic (exact) mass is 282 g/mol. The van der Waals surface area contributed by atoms with Crippen LogP contribution in [0.4, 0.5) is 5.69 Å². The largest absolute Gasteiger partial charge is 0.491 e. The Morgan fingerprint density at radius 3 is 2.45 bits per heavy atom. The highest BCUT2D eigenvalue weighted by atomic mass is 16.6. The Kier molecular flexibility index (Phi) is 5.92. The summed E-state index contributed by atoms with van der Waals surface area (Å²) in [6.07, 6.45) is 0.787. The summed E-state index contributed by atoms with van der Waals surface area (Å²) in [5, 5.41) is 19.4. The SMILES string of the molecule is CC(CCC(CN)C(=O)O)Oc1ccc([N+](=O)[O-])cc1. The topological polar surface area (TPSA) is 116 Å². The number of carboxylic acid groups (broad SMARTS) is 1. The number of carbonyl (C=O) groups is 1. The van der Waals surface area contributed by atoms with Gasteiger partial charge in [0.25, 0.3) is 5.69 Å². The second-order valence-corrected chi connectivity index (χ2v) is 4.53. The molecule has 20 heavy (non-hydrogen) atoms. The van der Waals surface area contributed by atoms with Crippen molar-refractivity contribution in [2.24, 2.45) is 11.7 Å². The van der Waals surface area contributed by atoms with Gasteiger partial charge in [0, 0.05) is 18.7 Å². The summed E-state index contributed by atoms with van der Waals surface area (Å²) in [4.78, 5) is 20.8. The van der Waals surface area contributed by atoms with Crippen LogP contribution in [0.2, 0.25) is 0 Å². The van der Waals surface area contributed by atoms with E-state index in [1.165, 1.54) is 24.3 Å². The van der Waals surface area contributed by atoms with E-state index in [1.54, 1.807) is 0 Å². The van der Waals surface area contributed by atoms with Gasteiger partial charge in [-0.2, -0.15) is 0 Å². The number of carboxylic acids is 1. The van der Waals surface area contributed by atoms with E-state index in [1.807, 2.05) is 6.92 Å². The molecule has 1 aromatic rings. The van der Waals surface area contributed by atoms with Crippen molar-refractivity contribution >= 4 is 11.7 Å². The van der Waals surface area contributed by atoms with Gasteiger partial charge in [-0.25, -0.2) is 0 Å². The number of nitrogens with zero attached hydrogens (tertiary/aromatic N) is 1. The molecule has 0 spiro atoms. The maximum atomic E-state index is 10.8. The van der Waals surface area contributed by atoms with Crippen LogP contribution in [0.15, 0.2) is 24.3 Å². The van der Waals surface area contributed by atoms with Gasteiger partial charge in [0.05, 0.1) is 16.9 Å². The molecule has 0 aliphatic rings. The van der Waals surface area contributed by atoms with Gasteiger partial charge < -0.3 is 15.6 Å². The van der Waals surface area contributed by atoms with Crippen LogP contribution in [-0.2, 0) is 4.79 Å². The van der Waals surface area contributed by atoms with E-state index in [0.717, 1.165) is 0 Å². The molecule has 7 nitrogen and oxygen atoms in total. The first-order chi connectivity index (χ1) is 9.43. The van der Waals surface area contributed by atoms with Crippen LogP contribution in [0, 0.1) is 16.0 Å². The van der Waals surface area contributed by atoms with Gasteiger partial charge in [-0.15, -0.1) is 0 Å². The van der Waals surface area contributed by atoms with Gasteiger partial charge in [0.15, 0.2) is 0 Å². The number of non-ortho nitro benzene ring substituents is 1. The number of nitro benzene ring substituents is 1. The van der Waals surface area contributed by atoms with Crippen molar-refractivity contribution < 1.29 is 19.6 Å². The van der Waals surface area contributed by atoms with Crippen molar-refractivity contribution in [2.75, 3.05) is 6.54 Å². The molecule has 0 heterocycles. The number of hydrogen-bond donors (Lipinski definition) is 2. The Labute approximate surface area is 116 Å². The molecule has 0 radical (unpaired) electrons. The molecule has 110 valence electrons. The Morgan fingerprint density at radius 2 is 2.00 bits per heavy atom. The van der Waals surface area contributed by atoms with Crippen LogP contribution >= 0.6 is 0 Å². The van der Waals surface area contributed by atoms with E-state index in [2.05, 4.69) is 0 Å². The van der Waals surface area contributed by atoms with E-state index in [-0.39, 0.29) is 18.3 Å². The molecule has 0 aliphatic carbocycles. The van der Waals surface area contributed by atoms with Crippen LogP contribution in [0.25, 0.3) is 0 Å². The lowest BCUT2D eigenvalue weighted by molar-refractivity contribution is -0.384. The van der Waals surface area contributed by atoms with Crippen LogP contribution in [0.5, 0.6) is 5.75 Å². The van der Waals surface area contributed by atoms with Crippen molar-refractivity contribution in [2.45, 2.75) is 25.9 Å². The molecule has 3 N–H and O–H groups in total. The Balaban J connectivity index is 2.47. The molecular formula is C13H18N2O5. The van der Waals surface area contributed by atoms with Gasteiger partial charge >= 0.3 is 5.97 Å². The first-order valence-electron chi connectivity index (χ1n) is 6.28. The maximum absolute atomic E-state index is 10.8. The standard InChI is InChI=1S/C13H18N2O5/c1-9(2-3-10(8-14)13(16)17)20-12-6-4-11(5-7-12)15(18)19/h4-7,9-10H,2-3,8,14H2,1H3,(H,16,17). The van der Waals surface area contributed by atoms with E-state index < -0.39 is 16.8 Å². The third-order valence-corrected chi connectivity index (χ3v) is 2.94. The molecule has 2 atom stereocenters. The normalized spacial score (nSPS) is 13.5. The smallest absolute Gasteiger partial charge is 0.307 e. The summed E-state index contributed by atoms with van der Waals surface area (Å²) < 4.78 is 5.57. The zero-order chi connectivity index (χ0) is 15.1. The van der Waals surface area contributed by atoms with Crippen molar-refractivity contribution in [3.63, 3.8) is 0 Å². The molecule has 0 bridgehead atoms. The number of hydrogen-bond acceptors (Lipinski definition) is 5. The lowest BCUT2D eigenvalue weighted by Gasteiger charge is -2.16. The van der Waals surface area contributed by atoms with Gasteiger partial charge in [-0.1, -0.05) is 0 Å². The Hall–Kier alpha value is -2.15. The summed E-state index contributed by atoms with van der Waals surface area (Å²) in [5.74, 6) is -0.962. The van der Waals surface area contributed by atoms with E-state index in [9.17, 15) is 14.9 Å². The van der Waals surface area contributed by atoms with Crippen molar-refractivity contribution in [1.82, 2.24) is 0 Å². The number of ether oxygens (including phenoxy) is 1. The highest BCUT2D eigenvalue weighted by molar-refractivity contribution is 5.70. The molecule has 7 heteroatoms. The van der Waals surface area contributed by atoms with E-state index in [4.69, 9.17) is 15.6 Å². The van der Waals surface area contributed by atoms with Gasteiger partial charge in [0.2, 0.25) is 0 Å². The number of nitrogens with two attached hydrogens (primary N) is 1. The second-order valence-electron chi connectivity index (χ2n) is 4.53. The third-order valence-electron chi connectivity index (χ3n) is 2.94. The quantitative estimate of drug-likeness (QED) is 0.554. The molecular weight excluding hydrogens is 264 g/mol. The van der Waals surface area contributed by atoms with Crippen molar-refractivity contribution in [3.05, 3.63) is 34.4 Å². The van der Waals surface area contributed by atoms with Gasteiger partial charge in [-0.05, 0) is 31.9 Å². The summed E-state index contributed by atoms with van der Waals surface area (Å²) in [6, 6.07) is 5.77. The highest BCUT2D eigenvalue weighted by Crippen LogP contribution is 2.20. The second kappa shape index (κ2) is 7.44. The fraction of sp³-hybridized carbons (Fsp3) is 0.462. The summed E-state index contributed by atoms with van der Waals surface area (Å²) >= 11 is 0. The first-order valence-corrected chi connectivity index (χ1v) is 6.28. The average molecular weight is 282 g/mol. The molecule has 0 fully saturated rings. The number of aliphatic carboxylic acids is 1. The lowest BCUT2D eigenvalue weighted by Crippen LogP contribution is -2.25. The van der Waals surface area contributed by atoms with Crippen LogP contribution < -0.4 is 10.5 Å². The predicted molar refractivity (Wildman–Crippen MR) is 72.6 cm³/mol. The summed E-state index contributed by atoms with van der Waals surface area (Å²) in [5.41, 5.74) is 5.37. The highest BCUT2D eigenvalue weighted by Gasteiger charge is 2.17. The number of nitro groups is 1. The molecule has 0 saturated carbocycles. The van der Waals surface area contributed by atoms with Crippen LogP contribution in [0.1, 0.15) is 19.8 Å². The van der Waals surface area contributed by atoms with E-state index in [0.29, 0.717) is 18.6 Å². The molecule has 0 aromatic heterocycles. The van der Waals surface area contributed by atoms with Gasteiger partial charge in [0.1, 0.15) is 5.75 Å². The van der Waals surface area contributed by atoms with E-state index >= 15 is 0 Å². The molecule has 0 aliphatic heterocycles. The number of benzene rings is 1. The Morgan fingerprint density at radius 1 is 1.40 bits per heavy atom. The fourth-order valence-corrected chi connectivity index (χ4v) is 1.72. The van der Waals surface area contributed by atoms with Crippen molar-refractivity contribution in [1.29, 1.82) is 0 Å². The zero-order valence-electron chi connectivity index (χ0n) is 11.2. The minimum absolute atomic E-state index is 0.000856. The minimum atomic E-state index is -0.907. The average Bonchev–Trinajstić information content (AvgIpc) is 2.39. The van der Waals surface area contributed by atoms with Crippen LogP contribution in [-0.4, -0.2) is 28.6 Å². The Bertz CT molecular complexity index is 460. The van der Waals surface area contributed by atoms with Crippen molar-refractivity contribution in [3.8, 4) is 5.75 Å². The fourth-order valence-electron chi connectivity index (χ4n) is 1.72. The molecule has 1 rings (SSSR count). The summed E-state index contributed by atoms with van der Waals surface area (Å²) in [7, 11) is 0. The lowest BCUT2D eigenvalue weighted by atomic mass is 10.0. The number of rotatable bonds is 8. The third kappa shape index (κ3) is 4.85. The first kappa shape index (κ1) is 15.9. The predicted octanol–water partition coefficient (Wildman–Crippen LogP) is 1.80. The zero-order valence-corrected chi connectivity index (χ0v) is 11.2. The molecule has 2 unspecified atom stereocenters. The minimum Gasteiger partial charge on any atom is -0.491 e. The molecule has 1 aromatic carbocycles.